The van der Waals surface area contributed by atoms with Gasteiger partial charge in [-0.1, -0.05) is 6.07 Å². The summed E-state index contributed by atoms with van der Waals surface area (Å²) < 4.78 is 4.68. The van der Waals surface area contributed by atoms with Gasteiger partial charge in [-0.25, -0.2) is 4.79 Å². The van der Waals surface area contributed by atoms with Crippen molar-refractivity contribution in [1.82, 2.24) is 0 Å². The molecule has 0 heterocycles. The highest BCUT2D eigenvalue weighted by Gasteiger charge is 2.15. The van der Waals surface area contributed by atoms with Gasteiger partial charge in [-0.3, -0.25) is 4.79 Å². The molecule has 0 unspecified atom stereocenters. The summed E-state index contributed by atoms with van der Waals surface area (Å²) in [7, 11) is 0. The van der Waals surface area contributed by atoms with Crippen LogP contribution >= 0.6 is 0 Å². The summed E-state index contributed by atoms with van der Waals surface area (Å²) in [5.74, 6) is 0.288. The first-order valence-electron chi connectivity index (χ1n) is 5.17. The molecule has 0 aliphatic heterocycles. The Hall–Kier alpha value is -2.30. The molecule has 1 aromatic rings. The fourth-order valence-corrected chi connectivity index (χ4v) is 1.30. The molecule has 0 aliphatic rings. The predicted molar refractivity (Wildman–Crippen MR) is 62.7 cm³/mol. The van der Waals surface area contributed by atoms with E-state index in [4.69, 9.17) is 10.8 Å². The Balaban J connectivity index is 2.57. The first-order valence-corrected chi connectivity index (χ1v) is 5.17. The van der Waals surface area contributed by atoms with E-state index in [-0.39, 0.29) is 24.5 Å². The maximum Gasteiger partial charge on any atom is 0.323 e. The maximum atomic E-state index is 11.4. The Morgan fingerprint density at radius 1 is 1.44 bits per heavy atom. The van der Waals surface area contributed by atoms with E-state index >= 15 is 0 Å². The molecular weight excluding hydrogens is 238 g/mol. The number of phenolic OH excluding ortho intramolecular Hbond substituents is 2. The molecule has 0 bridgehead atoms. The lowest BCUT2D eigenvalue weighted by Crippen LogP contribution is -2.34. The zero-order valence-corrected chi connectivity index (χ0v) is 9.50. The van der Waals surface area contributed by atoms with Crippen LogP contribution in [0.5, 0.6) is 11.5 Å². The maximum absolute atomic E-state index is 11.4. The molecule has 18 heavy (non-hydrogen) atoms. The lowest BCUT2D eigenvalue weighted by Gasteiger charge is -2.10. The van der Waals surface area contributed by atoms with E-state index < -0.39 is 12.0 Å². The molecule has 0 radical (unpaired) electrons. The van der Waals surface area contributed by atoms with Gasteiger partial charge in [0.2, 0.25) is 0 Å². The fraction of sp³-hybridized carbons (Fsp3) is 0.250. The summed E-state index contributed by atoms with van der Waals surface area (Å²) in [4.78, 5) is 21.2. The van der Waals surface area contributed by atoms with Gasteiger partial charge in [-0.2, -0.15) is 0 Å². The van der Waals surface area contributed by atoms with Crippen molar-refractivity contribution in [1.29, 1.82) is 0 Å². The zero-order chi connectivity index (χ0) is 13.5. The number of benzene rings is 1. The first-order chi connectivity index (χ1) is 8.54. The normalized spacial score (nSPS) is 11.4. The number of ether oxygens (including phenoxy) is 1. The van der Waals surface area contributed by atoms with Crippen LogP contribution in [0.25, 0.3) is 0 Å². The molecule has 1 aromatic carbocycles. The topological polar surface area (TPSA) is 110 Å². The average molecular weight is 251 g/mol. The molecule has 0 amide bonds. The van der Waals surface area contributed by atoms with Gasteiger partial charge < -0.3 is 20.7 Å². The Labute approximate surface area is 103 Å². The third-order valence-electron chi connectivity index (χ3n) is 2.19. The number of nitrogens with two attached hydrogens (primary N) is 1. The van der Waals surface area contributed by atoms with E-state index in [0.717, 1.165) is 6.08 Å². The van der Waals surface area contributed by atoms with Gasteiger partial charge >= 0.3 is 5.97 Å². The number of carbonyl (C=O) groups is 1. The Morgan fingerprint density at radius 3 is 2.78 bits per heavy atom. The predicted octanol–water partition coefficient (Wildman–Crippen LogP) is -0.101. The number of phenols is 2. The molecule has 1 atom stereocenters. The second kappa shape index (κ2) is 6.44. The first kappa shape index (κ1) is 13.8. The van der Waals surface area contributed by atoms with Crippen LogP contribution in [-0.2, 0) is 20.7 Å². The number of carbonyl (C=O) groups excluding carboxylic acids is 2. The molecule has 6 heteroatoms. The Kier molecular flexibility index (Phi) is 4.92. The lowest BCUT2D eigenvalue weighted by atomic mass is 10.1. The van der Waals surface area contributed by atoms with E-state index in [9.17, 15) is 14.7 Å². The van der Waals surface area contributed by atoms with Crippen molar-refractivity contribution < 1.29 is 24.5 Å². The largest absolute Gasteiger partial charge is 0.504 e. The van der Waals surface area contributed by atoms with Gasteiger partial charge in [0.25, 0.3) is 0 Å². The van der Waals surface area contributed by atoms with Crippen molar-refractivity contribution in [3.63, 3.8) is 0 Å². The SMILES string of the molecule is N[C@@H](Cc1ccc(O)c(O)c1)C(=O)OCC=C=O. The summed E-state index contributed by atoms with van der Waals surface area (Å²) in [5.41, 5.74) is 6.17. The van der Waals surface area contributed by atoms with Gasteiger partial charge in [-0.05, 0) is 24.1 Å². The van der Waals surface area contributed by atoms with E-state index in [1.165, 1.54) is 24.1 Å². The summed E-state index contributed by atoms with van der Waals surface area (Å²) >= 11 is 0. The summed E-state index contributed by atoms with van der Waals surface area (Å²) in [5, 5.41) is 18.4. The van der Waals surface area contributed by atoms with Crippen LogP contribution in [0.3, 0.4) is 0 Å². The lowest BCUT2D eigenvalue weighted by molar-refractivity contribution is -0.143. The van der Waals surface area contributed by atoms with Gasteiger partial charge in [0, 0.05) is 6.08 Å². The van der Waals surface area contributed by atoms with Crippen LogP contribution in [0.15, 0.2) is 24.3 Å². The molecular formula is C12H13NO5. The average Bonchev–Trinajstić information content (AvgIpc) is 2.34. The van der Waals surface area contributed by atoms with Gasteiger partial charge in [0.05, 0.1) is 0 Å². The molecule has 0 aliphatic carbocycles. The van der Waals surface area contributed by atoms with Crippen LogP contribution in [-0.4, -0.2) is 34.8 Å². The van der Waals surface area contributed by atoms with E-state index in [1.54, 1.807) is 0 Å². The highest BCUT2D eigenvalue weighted by molar-refractivity contribution is 5.76. The van der Waals surface area contributed by atoms with E-state index in [2.05, 4.69) is 4.74 Å². The van der Waals surface area contributed by atoms with Crippen LogP contribution < -0.4 is 5.73 Å². The monoisotopic (exact) mass is 251 g/mol. The van der Waals surface area contributed by atoms with Crippen LogP contribution in [0, 0.1) is 0 Å². The quantitative estimate of drug-likeness (QED) is 0.383. The molecule has 0 fully saturated rings. The van der Waals surface area contributed by atoms with Gasteiger partial charge in [-0.15, -0.1) is 0 Å². The summed E-state index contributed by atoms with van der Waals surface area (Å²) in [6, 6.07) is 3.24. The molecule has 4 N–H and O–H groups in total. The van der Waals surface area contributed by atoms with Crippen molar-refractivity contribution >= 4 is 11.9 Å². The van der Waals surface area contributed by atoms with Gasteiger partial charge in [0.1, 0.15) is 18.6 Å². The van der Waals surface area contributed by atoms with Crippen molar-refractivity contribution in [3.8, 4) is 11.5 Å². The molecule has 0 spiro atoms. The highest BCUT2D eigenvalue weighted by Crippen LogP contribution is 2.25. The molecule has 0 saturated heterocycles. The molecule has 0 saturated carbocycles. The van der Waals surface area contributed by atoms with Gasteiger partial charge in [0.15, 0.2) is 11.5 Å². The second-order valence-electron chi connectivity index (χ2n) is 3.59. The Morgan fingerprint density at radius 2 is 2.17 bits per heavy atom. The van der Waals surface area contributed by atoms with Crippen LogP contribution in [0.1, 0.15) is 5.56 Å². The smallest absolute Gasteiger partial charge is 0.323 e. The van der Waals surface area contributed by atoms with Crippen LogP contribution in [0.2, 0.25) is 0 Å². The van der Waals surface area contributed by atoms with Crippen LogP contribution in [0.4, 0.5) is 0 Å². The number of hydrogen-bond donors (Lipinski definition) is 3. The van der Waals surface area contributed by atoms with Crippen molar-refractivity contribution in [2.24, 2.45) is 5.73 Å². The number of hydrogen-bond acceptors (Lipinski definition) is 6. The Bertz CT molecular complexity index is 479. The third-order valence-corrected chi connectivity index (χ3v) is 2.19. The number of rotatable bonds is 5. The minimum absolute atomic E-state index is 0.150. The molecule has 0 aromatic heterocycles. The number of esters is 1. The summed E-state index contributed by atoms with van der Waals surface area (Å²) in [6.07, 6.45) is 1.18. The summed E-state index contributed by atoms with van der Waals surface area (Å²) in [6.45, 7) is -0.170. The molecule has 6 nitrogen and oxygen atoms in total. The third kappa shape index (κ3) is 3.93. The van der Waals surface area contributed by atoms with Crippen molar-refractivity contribution in [3.05, 3.63) is 29.8 Å². The van der Waals surface area contributed by atoms with E-state index in [1.807, 2.05) is 0 Å². The van der Waals surface area contributed by atoms with E-state index in [0.29, 0.717) is 5.56 Å². The fourth-order valence-electron chi connectivity index (χ4n) is 1.30. The molecule has 1 rings (SSSR count). The molecule has 96 valence electrons. The minimum atomic E-state index is -0.908. The van der Waals surface area contributed by atoms with Crippen molar-refractivity contribution in [2.75, 3.05) is 6.61 Å². The number of aromatic hydroxyl groups is 2. The highest BCUT2D eigenvalue weighted by atomic mass is 16.5. The standard InChI is InChI=1S/C12H13NO5/c13-9(12(17)18-5-1-4-14)6-8-2-3-10(15)11(16)7-8/h1-3,7,9,15-16H,5-6,13H2/t9-/m0/s1. The second-order valence-corrected chi connectivity index (χ2v) is 3.59. The van der Waals surface area contributed by atoms with Crippen molar-refractivity contribution in [2.45, 2.75) is 12.5 Å². The minimum Gasteiger partial charge on any atom is -0.504 e. The zero-order valence-electron chi connectivity index (χ0n) is 9.50.